The third kappa shape index (κ3) is 3.63. The van der Waals surface area contributed by atoms with Gasteiger partial charge in [0, 0.05) is 15.8 Å². The Bertz CT molecular complexity index is 722. The van der Waals surface area contributed by atoms with Gasteiger partial charge >= 0.3 is 0 Å². The summed E-state index contributed by atoms with van der Waals surface area (Å²) in [6.07, 6.45) is 8.44. The normalized spacial score (nSPS) is 10.8. The van der Waals surface area contributed by atoms with Gasteiger partial charge in [-0.1, -0.05) is 30.3 Å². The number of hydrogen-bond donors (Lipinski definition) is 0. The van der Waals surface area contributed by atoms with Crippen LogP contribution in [0.25, 0.3) is 22.6 Å². The number of thiophene rings is 1. The van der Waals surface area contributed by atoms with Crippen LogP contribution in [0.1, 0.15) is 10.7 Å². The monoisotopic (exact) mass is 408 g/mol. The summed E-state index contributed by atoms with van der Waals surface area (Å²) < 4.78 is 4.23. The maximum absolute atomic E-state index is 2.19. The van der Waals surface area contributed by atoms with Gasteiger partial charge in [-0.3, -0.25) is 0 Å². The van der Waals surface area contributed by atoms with Crippen LogP contribution in [-0.2, 0) is 14.1 Å². The van der Waals surface area contributed by atoms with E-state index in [0.717, 1.165) is 0 Å². The number of nitrogens with zero attached hydrogens (tertiary/aromatic N) is 2. The van der Waals surface area contributed by atoms with Crippen molar-refractivity contribution in [3.05, 3.63) is 65.6 Å². The molecule has 0 bridgehead atoms. The Morgan fingerprint density at radius 2 is 1.81 bits per heavy atom. The molecule has 0 aliphatic rings. The molecule has 0 saturated heterocycles. The molecule has 0 fully saturated rings. The molecule has 2 heterocycles. The Labute approximate surface area is 146 Å². The van der Waals surface area contributed by atoms with Crippen molar-refractivity contribution in [3.8, 4) is 10.4 Å². The molecule has 3 aromatic rings. The molecule has 3 rings (SSSR count). The first-order valence-corrected chi connectivity index (χ1v) is 7.40. The Morgan fingerprint density at radius 3 is 2.48 bits per heavy atom. The molecule has 0 spiro atoms. The van der Waals surface area contributed by atoms with Crippen LogP contribution < -0.4 is 28.5 Å². The second-order valence-corrected chi connectivity index (χ2v) is 5.89. The molecule has 108 valence electrons. The smallest absolute Gasteiger partial charge is 0.281 e. The minimum atomic E-state index is 0. The average molecular weight is 408 g/mol. The molecule has 0 N–H and O–H groups in total. The average Bonchev–Trinajstić information content (AvgIpc) is 3.06. The van der Waals surface area contributed by atoms with E-state index in [9.17, 15) is 0 Å². The van der Waals surface area contributed by atoms with Crippen molar-refractivity contribution in [3.63, 3.8) is 0 Å². The zero-order chi connectivity index (χ0) is 13.9. The molecule has 0 atom stereocenters. The van der Waals surface area contributed by atoms with Crippen LogP contribution >= 0.6 is 11.3 Å². The van der Waals surface area contributed by atoms with Gasteiger partial charge in [0.2, 0.25) is 0 Å². The summed E-state index contributed by atoms with van der Waals surface area (Å²) >= 11 is 1.81. The van der Waals surface area contributed by atoms with Crippen LogP contribution in [0.2, 0.25) is 0 Å². The highest BCUT2D eigenvalue weighted by Crippen LogP contribution is 2.28. The van der Waals surface area contributed by atoms with Gasteiger partial charge in [0.25, 0.3) is 5.82 Å². The Balaban J connectivity index is 0.00000161. The van der Waals surface area contributed by atoms with Gasteiger partial charge in [-0.15, -0.1) is 11.3 Å². The van der Waals surface area contributed by atoms with Crippen LogP contribution in [0.15, 0.2) is 54.9 Å². The maximum Gasteiger partial charge on any atom is 0.281 e. The second kappa shape index (κ2) is 7.04. The minimum Gasteiger partial charge on any atom is -1.00 e. The summed E-state index contributed by atoms with van der Waals surface area (Å²) in [6.45, 7) is 0. The summed E-state index contributed by atoms with van der Waals surface area (Å²) in [5.74, 6) is 1.18. The van der Waals surface area contributed by atoms with Crippen LogP contribution in [0.5, 0.6) is 0 Å². The number of aryl methyl sites for hydroxylation is 2. The molecule has 0 unspecified atom stereocenters. The van der Waals surface area contributed by atoms with E-state index in [2.05, 4.69) is 84.2 Å². The molecule has 0 aliphatic carbocycles. The lowest BCUT2D eigenvalue weighted by Crippen LogP contribution is -3.00. The summed E-state index contributed by atoms with van der Waals surface area (Å²) in [7, 11) is 4.12. The van der Waals surface area contributed by atoms with Crippen LogP contribution in [-0.4, -0.2) is 4.57 Å². The van der Waals surface area contributed by atoms with Crippen molar-refractivity contribution in [2.24, 2.45) is 14.1 Å². The number of rotatable bonds is 3. The SMILES string of the molecule is Cn1cc[n+](C)c1/C=C/c1ccc(-c2ccccc2)s1.[I-]. The van der Waals surface area contributed by atoms with E-state index in [1.165, 1.54) is 21.1 Å². The zero-order valence-electron chi connectivity index (χ0n) is 12.0. The minimum absolute atomic E-state index is 0. The van der Waals surface area contributed by atoms with Crippen LogP contribution in [0.4, 0.5) is 0 Å². The molecule has 0 radical (unpaired) electrons. The number of aromatic nitrogens is 2. The fraction of sp³-hybridized carbons (Fsp3) is 0.118. The highest BCUT2D eigenvalue weighted by Gasteiger charge is 2.07. The lowest BCUT2D eigenvalue weighted by atomic mass is 10.2. The third-order valence-corrected chi connectivity index (χ3v) is 4.42. The van der Waals surface area contributed by atoms with Crippen LogP contribution in [0, 0.1) is 0 Å². The first-order chi connectivity index (χ1) is 9.74. The number of benzene rings is 1. The molecular weight excluding hydrogens is 391 g/mol. The second-order valence-electron chi connectivity index (χ2n) is 4.78. The number of imidazole rings is 1. The molecule has 4 heteroatoms. The number of halogens is 1. The van der Waals surface area contributed by atoms with E-state index in [1.54, 1.807) is 0 Å². The van der Waals surface area contributed by atoms with E-state index < -0.39 is 0 Å². The molecule has 2 nitrogen and oxygen atoms in total. The predicted molar refractivity (Wildman–Crippen MR) is 85.3 cm³/mol. The predicted octanol–water partition coefficient (Wildman–Crippen LogP) is 0.753. The van der Waals surface area contributed by atoms with Crippen molar-refractivity contribution in [2.75, 3.05) is 0 Å². The fourth-order valence-electron chi connectivity index (χ4n) is 2.19. The molecule has 0 saturated carbocycles. The van der Waals surface area contributed by atoms with Crippen molar-refractivity contribution in [1.82, 2.24) is 4.57 Å². The summed E-state index contributed by atoms with van der Waals surface area (Å²) in [4.78, 5) is 2.58. The third-order valence-electron chi connectivity index (χ3n) is 3.32. The van der Waals surface area contributed by atoms with E-state index in [4.69, 9.17) is 0 Å². The zero-order valence-corrected chi connectivity index (χ0v) is 15.0. The Morgan fingerprint density at radius 1 is 1.05 bits per heavy atom. The molecule has 1 aromatic carbocycles. The molecular formula is C17H17IN2S. The van der Waals surface area contributed by atoms with E-state index in [-0.39, 0.29) is 24.0 Å². The molecule has 2 aromatic heterocycles. The van der Waals surface area contributed by atoms with Crippen molar-refractivity contribution in [1.29, 1.82) is 0 Å². The molecule has 0 aliphatic heterocycles. The van der Waals surface area contributed by atoms with Crippen molar-refractivity contribution >= 4 is 23.5 Å². The quantitative estimate of drug-likeness (QED) is 0.447. The molecule has 21 heavy (non-hydrogen) atoms. The first kappa shape index (κ1) is 16.0. The van der Waals surface area contributed by atoms with E-state index >= 15 is 0 Å². The van der Waals surface area contributed by atoms with Gasteiger partial charge in [0.05, 0.1) is 14.1 Å². The van der Waals surface area contributed by atoms with Gasteiger partial charge in [-0.05, 0) is 23.8 Å². The fourth-order valence-corrected chi connectivity index (χ4v) is 3.11. The van der Waals surface area contributed by atoms with Crippen molar-refractivity contribution < 1.29 is 28.5 Å². The van der Waals surface area contributed by atoms with Gasteiger partial charge in [-0.2, -0.15) is 0 Å². The number of hydrogen-bond acceptors (Lipinski definition) is 1. The maximum atomic E-state index is 2.19. The van der Waals surface area contributed by atoms with Crippen molar-refractivity contribution in [2.45, 2.75) is 0 Å². The summed E-state index contributed by atoms with van der Waals surface area (Å²) in [6, 6.07) is 14.9. The molecule has 0 amide bonds. The highest BCUT2D eigenvalue weighted by atomic mass is 127. The summed E-state index contributed by atoms with van der Waals surface area (Å²) in [5, 5.41) is 0. The van der Waals surface area contributed by atoms with Gasteiger partial charge < -0.3 is 24.0 Å². The lowest BCUT2D eigenvalue weighted by molar-refractivity contribution is -0.672. The highest BCUT2D eigenvalue weighted by molar-refractivity contribution is 7.16. The lowest BCUT2D eigenvalue weighted by Gasteiger charge is -1.94. The standard InChI is InChI=1S/C17H17N2S.HI/c1-18-12-13-19(2)17(18)11-9-15-8-10-16(20-15)14-6-4-3-5-7-14;/h3-13H,1-2H3;1H/q+1;/p-1/b11-9+;. The van der Waals surface area contributed by atoms with Gasteiger partial charge in [0.15, 0.2) is 0 Å². The topological polar surface area (TPSA) is 8.81 Å². The Kier molecular flexibility index (Phi) is 5.36. The van der Waals surface area contributed by atoms with Crippen LogP contribution in [0.3, 0.4) is 0 Å². The van der Waals surface area contributed by atoms with Gasteiger partial charge in [0.1, 0.15) is 12.4 Å². The largest absolute Gasteiger partial charge is 1.00 e. The van der Waals surface area contributed by atoms with E-state index in [0.29, 0.717) is 0 Å². The summed E-state index contributed by atoms with van der Waals surface area (Å²) in [5.41, 5.74) is 1.28. The van der Waals surface area contributed by atoms with Gasteiger partial charge in [-0.25, -0.2) is 9.13 Å². The first-order valence-electron chi connectivity index (χ1n) is 6.58. The Hall–Kier alpha value is -1.40. The van der Waals surface area contributed by atoms with E-state index in [1.807, 2.05) is 17.4 Å².